The summed E-state index contributed by atoms with van der Waals surface area (Å²) in [4.78, 5) is 2.43. The molecule has 0 amide bonds. The fraction of sp³-hybridized carbons (Fsp3) is 0.115. The minimum Gasteiger partial charge on any atom is -0.311 e. The Morgan fingerprint density at radius 3 is 1.67 bits per heavy atom. The van der Waals surface area contributed by atoms with Gasteiger partial charge in [0.2, 0.25) is 0 Å². The lowest BCUT2D eigenvalue weighted by Gasteiger charge is -2.29. The number of rotatable bonds is 10. The Morgan fingerprint density at radius 2 is 1.11 bits per heavy atom. The second-order valence-corrected chi connectivity index (χ2v) is 17.6. The van der Waals surface area contributed by atoms with Gasteiger partial charge in [-0.25, -0.2) is 0 Å². The third-order valence-corrected chi connectivity index (χ3v) is 13.8. The van der Waals surface area contributed by atoms with Crippen molar-refractivity contribution in [3.05, 3.63) is 276 Å². The molecule has 1 nitrogen and oxygen atoms in total. The summed E-state index contributed by atoms with van der Waals surface area (Å²) in [5, 5.41) is 0. The monoisotopic (exact) mass is 807 g/mol. The Morgan fingerprint density at radius 1 is 0.524 bits per heavy atom. The van der Waals surface area contributed by atoms with Crippen LogP contribution in [0.2, 0.25) is 0 Å². The zero-order valence-corrected chi connectivity index (χ0v) is 35.8. The van der Waals surface area contributed by atoms with Crippen molar-refractivity contribution in [2.24, 2.45) is 5.92 Å². The van der Waals surface area contributed by atoms with Gasteiger partial charge in [-0.15, -0.1) is 5.98 Å². The van der Waals surface area contributed by atoms with E-state index in [1.807, 2.05) is 0 Å². The maximum Gasteiger partial charge on any atom is 0.160 e. The summed E-state index contributed by atoms with van der Waals surface area (Å²) in [5.41, 5.74) is 19.6. The van der Waals surface area contributed by atoms with Crippen molar-refractivity contribution < 1.29 is 0 Å². The highest BCUT2D eigenvalue weighted by molar-refractivity contribution is 6.45. The summed E-state index contributed by atoms with van der Waals surface area (Å²) in [6, 6.07) is 65.3. The Kier molecular flexibility index (Phi) is 10.4. The van der Waals surface area contributed by atoms with Gasteiger partial charge < -0.3 is 4.90 Å². The SMILES string of the molecule is CC(C1=CC(c2ccc(N(C3=CCC(c4ccccc4)C=C3)c3ccc(C4BC=CC=C4)cc3)cc2)C=C1)C1c2ccc(-c3ccccc3)cc2-c2cc(-c3ccccc3)ccc21. The molecule has 1 aliphatic heterocycles. The van der Waals surface area contributed by atoms with Crippen molar-refractivity contribution in [2.45, 2.75) is 36.9 Å². The molecule has 11 rings (SSSR count). The molecule has 2 heteroatoms. The zero-order chi connectivity index (χ0) is 42.1. The molecule has 0 radical (unpaired) electrons. The first-order valence-electron chi connectivity index (χ1n) is 22.7. The van der Waals surface area contributed by atoms with Crippen molar-refractivity contribution in [3.63, 3.8) is 0 Å². The van der Waals surface area contributed by atoms with Gasteiger partial charge in [-0.2, -0.15) is 0 Å². The Bertz CT molecular complexity index is 2860. The largest absolute Gasteiger partial charge is 0.311 e. The van der Waals surface area contributed by atoms with E-state index < -0.39 is 0 Å². The second kappa shape index (κ2) is 17.0. The van der Waals surface area contributed by atoms with Crippen LogP contribution in [0.1, 0.15) is 64.7 Å². The van der Waals surface area contributed by atoms with E-state index in [1.165, 1.54) is 83.8 Å². The number of anilines is 2. The van der Waals surface area contributed by atoms with Crippen LogP contribution in [0.25, 0.3) is 33.4 Å². The summed E-state index contributed by atoms with van der Waals surface area (Å²) in [5.74, 6) is 3.87. The zero-order valence-electron chi connectivity index (χ0n) is 35.8. The van der Waals surface area contributed by atoms with Gasteiger partial charge in [0.15, 0.2) is 7.28 Å². The van der Waals surface area contributed by atoms with E-state index in [1.54, 1.807) is 0 Å². The number of benzene rings is 7. The maximum atomic E-state index is 2.51. The number of hydrogen-bond donors (Lipinski definition) is 0. The van der Waals surface area contributed by atoms with Crippen molar-refractivity contribution in [3.8, 4) is 33.4 Å². The molecule has 0 spiro atoms. The van der Waals surface area contributed by atoms with Crippen molar-refractivity contribution in [1.29, 1.82) is 0 Å². The molecular weight excluding hydrogens is 757 g/mol. The molecule has 3 aliphatic carbocycles. The molecule has 7 aromatic carbocycles. The van der Waals surface area contributed by atoms with Gasteiger partial charge in [-0.3, -0.25) is 0 Å². The highest BCUT2D eigenvalue weighted by atomic mass is 15.1. The Labute approximate surface area is 373 Å². The van der Waals surface area contributed by atoms with Crippen molar-refractivity contribution in [1.82, 2.24) is 0 Å². The molecule has 4 aliphatic rings. The predicted octanol–water partition coefficient (Wildman–Crippen LogP) is 15.4. The molecule has 0 N–H and O–H groups in total. The Balaban J connectivity index is 0.884. The summed E-state index contributed by atoms with van der Waals surface area (Å²) in [7, 11) is 1.05. The van der Waals surface area contributed by atoms with Gasteiger partial charge in [0.05, 0.1) is 0 Å². The normalized spacial score (nSPS) is 18.9. The molecule has 7 aromatic rings. The van der Waals surface area contributed by atoms with Crippen LogP contribution >= 0.6 is 0 Å². The number of allylic oxidation sites excluding steroid dienone is 10. The molecule has 0 saturated carbocycles. The molecule has 302 valence electrons. The first kappa shape index (κ1) is 38.7. The van der Waals surface area contributed by atoms with E-state index in [4.69, 9.17) is 0 Å². The molecule has 4 unspecified atom stereocenters. The van der Waals surface area contributed by atoms with E-state index >= 15 is 0 Å². The van der Waals surface area contributed by atoms with Gasteiger partial charge in [0.1, 0.15) is 0 Å². The van der Waals surface area contributed by atoms with Gasteiger partial charge >= 0.3 is 0 Å². The van der Waals surface area contributed by atoms with E-state index in [9.17, 15) is 0 Å². The standard InChI is InChI=1S/C61H50BN/c1-42(61-56-36-28-51(44-15-7-3-8-16-44)40-58(56)59-41-52(29-37-57(59)61)45-17-9-4-10-18-45)49-20-21-50(39-49)47-24-32-54(33-25-47)63(53-30-22-46(23-31-53)43-13-5-2-6-14-43)55-34-26-48(27-35-55)60-19-11-12-38-62-60/h2-22,24-42,46,50,60-62H,23H2,1H3. The van der Waals surface area contributed by atoms with Crippen LogP contribution in [0.5, 0.6) is 0 Å². The number of hydrogen-bond acceptors (Lipinski definition) is 1. The third kappa shape index (κ3) is 7.61. The summed E-state index contributed by atoms with van der Waals surface area (Å²) < 4.78 is 0. The fourth-order valence-electron chi connectivity index (χ4n) is 10.4. The third-order valence-electron chi connectivity index (χ3n) is 13.8. The first-order chi connectivity index (χ1) is 31.1. The maximum absolute atomic E-state index is 2.51. The average molecular weight is 808 g/mol. The second-order valence-electron chi connectivity index (χ2n) is 17.6. The van der Waals surface area contributed by atoms with Crippen LogP contribution in [0, 0.1) is 5.92 Å². The van der Waals surface area contributed by atoms with Crippen LogP contribution in [0.15, 0.2) is 248 Å². The molecule has 0 aromatic heterocycles. The van der Waals surface area contributed by atoms with Crippen molar-refractivity contribution in [2.75, 3.05) is 4.90 Å². The lowest BCUT2D eigenvalue weighted by molar-refractivity contribution is 0.613. The molecule has 63 heavy (non-hydrogen) atoms. The van der Waals surface area contributed by atoms with Gasteiger partial charge in [-0.05, 0) is 127 Å². The Hall–Kier alpha value is -7.16. The topological polar surface area (TPSA) is 3.24 Å². The fourth-order valence-corrected chi connectivity index (χ4v) is 10.4. The summed E-state index contributed by atoms with van der Waals surface area (Å²) in [6.07, 6.45) is 22.0. The highest BCUT2D eigenvalue weighted by Gasteiger charge is 2.35. The highest BCUT2D eigenvalue weighted by Crippen LogP contribution is 2.52. The van der Waals surface area contributed by atoms with E-state index in [2.05, 4.69) is 248 Å². The molecular formula is C61H50BN. The number of fused-ring (bicyclic) bond motifs is 3. The van der Waals surface area contributed by atoms with Crippen LogP contribution in [0.4, 0.5) is 11.4 Å². The van der Waals surface area contributed by atoms with Crippen molar-refractivity contribution >= 4 is 18.7 Å². The lowest BCUT2D eigenvalue weighted by Crippen LogP contribution is -2.17. The van der Waals surface area contributed by atoms with E-state index in [-0.39, 0.29) is 11.8 Å². The smallest absolute Gasteiger partial charge is 0.160 e. The lowest BCUT2D eigenvalue weighted by atomic mass is 9.60. The number of nitrogens with zero attached hydrogens (tertiary/aromatic N) is 1. The first-order valence-corrected chi connectivity index (χ1v) is 22.7. The average Bonchev–Trinajstić information content (AvgIpc) is 3.99. The van der Waals surface area contributed by atoms with Crippen LogP contribution in [-0.4, -0.2) is 7.28 Å². The molecule has 0 fully saturated rings. The van der Waals surface area contributed by atoms with Gasteiger partial charge in [-0.1, -0.05) is 195 Å². The van der Waals surface area contributed by atoms with E-state index in [0.717, 1.165) is 13.7 Å². The van der Waals surface area contributed by atoms with Crippen LogP contribution in [-0.2, 0) is 0 Å². The van der Waals surface area contributed by atoms with Crippen LogP contribution < -0.4 is 4.90 Å². The summed E-state index contributed by atoms with van der Waals surface area (Å²) >= 11 is 0. The summed E-state index contributed by atoms with van der Waals surface area (Å²) in [6.45, 7) is 2.43. The predicted molar refractivity (Wildman–Crippen MR) is 268 cm³/mol. The van der Waals surface area contributed by atoms with Gasteiger partial charge in [0, 0.05) is 34.8 Å². The van der Waals surface area contributed by atoms with Crippen LogP contribution in [0.3, 0.4) is 0 Å². The molecule has 1 heterocycles. The molecule has 4 atom stereocenters. The minimum absolute atomic E-state index is 0.225. The minimum atomic E-state index is 0.225. The molecule has 0 saturated heterocycles. The quantitative estimate of drug-likeness (QED) is 0.124. The molecule has 0 bridgehead atoms. The van der Waals surface area contributed by atoms with E-state index in [0.29, 0.717) is 17.7 Å². The van der Waals surface area contributed by atoms with Gasteiger partial charge in [0.25, 0.3) is 0 Å².